The highest BCUT2D eigenvalue weighted by atomic mass is 35.5. The lowest BCUT2D eigenvalue weighted by Gasteiger charge is -1.97. The van der Waals surface area contributed by atoms with Gasteiger partial charge >= 0.3 is 0 Å². The Morgan fingerprint density at radius 1 is 1.39 bits per heavy atom. The predicted octanol–water partition coefficient (Wildman–Crippen LogP) is 3.08. The van der Waals surface area contributed by atoms with Crippen LogP contribution < -0.4 is 0 Å². The zero-order chi connectivity index (χ0) is 13.0. The molecule has 6 heteroatoms. The fourth-order valence-electron chi connectivity index (χ4n) is 1.60. The van der Waals surface area contributed by atoms with Crippen LogP contribution in [0.4, 0.5) is 0 Å². The van der Waals surface area contributed by atoms with Crippen LogP contribution in [0, 0.1) is 0 Å². The highest BCUT2D eigenvalue weighted by molar-refractivity contribution is 7.09. The molecule has 0 amide bonds. The fraction of sp³-hybridized carbons (Fsp3) is 0.583. The summed E-state index contributed by atoms with van der Waals surface area (Å²) in [4.78, 5) is 4.59. The Bertz CT molecular complexity index is 492. The Hall–Kier alpha value is -0.940. The lowest BCUT2D eigenvalue weighted by atomic mass is 10.2. The minimum Gasteiger partial charge on any atom is -0.246 e. The zero-order valence-corrected chi connectivity index (χ0v) is 12.2. The van der Waals surface area contributed by atoms with Crippen molar-refractivity contribution in [2.75, 3.05) is 5.88 Å². The molecule has 2 rings (SSSR count). The molecule has 0 aliphatic heterocycles. The Balaban J connectivity index is 1.97. The molecule has 0 aromatic carbocycles. The Morgan fingerprint density at radius 3 is 2.89 bits per heavy atom. The smallest absolute Gasteiger partial charge is 0.0954 e. The first-order valence-electron chi connectivity index (χ1n) is 6.08. The summed E-state index contributed by atoms with van der Waals surface area (Å²) in [7, 11) is 0. The van der Waals surface area contributed by atoms with Gasteiger partial charge in [-0.25, -0.2) is 9.67 Å². The van der Waals surface area contributed by atoms with Gasteiger partial charge in [0.25, 0.3) is 0 Å². The van der Waals surface area contributed by atoms with Crippen molar-refractivity contribution in [2.24, 2.45) is 0 Å². The van der Waals surface area contributed by atoms with E-state index in [9.17, 15) is 0 Å². The van der Waals surface area contributed by atoms with Gasteiger partial charge in [0.2, 0.25) is 0 Å². The maximum atomic E-state index is 5.66. The van der Waals surface area contributed by atoms with E-state index in [1.165, 1.54) is 5.01 Å². The van der Waals surface area contributed by atoms with Crippen LogP contribution in [0.3, 0.4) is 0 Å². The standard InChI is InChI=1S/C12H17ClN4S/c1-9(2)12-14-11(8-18-12)7-17-6-10(15-16-17)4-3-5-13/h6,8-9H,3-5,7H2,1-2H3. The second-order valence-corrected chi connectivity index (χ2v) is 5.80. The van der Waals surface area contributed by atoms with E-state index in [-0.39, 0.29) is 0 Å². The van der Waals surface area contributed by atoms with Gasteiger partial charge in [0, 0.05) is 23.4 Å². The third-order valence-corrected chi connectivity index (χ3v) is 4.00. The van der Waals surface area contributed by atoms with E-state index in [0.717, 1.165) is 24.2 Å². The molecule has 98 valence electrons. The summed E-state index contributed by atoms with van der Waals surface area (Å²) in [6, 6.07) is 0. The number of hydrogen-bond acceptors (Lipinski definition) is 4. The van der Waals surface area contributed by atoms with Crippen molar-refractivity contribution in [2.45, 2.75) is 39.2 Å². The van der Waals surface area contributed by atoms with Crippen LogP contribution >= 0.6 is 22.9 Å². The number of thiazole rings is 1. The van der Waals surface area contributed by atoms with Gasteiger partial charge in [0.05, 0.1) is 22.9 Å². The second kappa shape index (κ2) is 6.29. The van der Waals surface area contributed by atoms with Gasteiger partial charge in [0.15, 0.2) is 0 Å². The SMILES string of the molecule is CC(C)c1nc(Cn2cc(CCCCl)nn2)cs1. The quantitative estimate of drug-likeness (QED) is 0.766. The molecule has 2 aromatic heterocycles. The number of halogens is 1. The van der Waals surface area contributed by atoms with Crippen molar-refractivity contribution in [3.8, 4) is 0 Å². The molecular formula is C12H17ClN4S. The maximum Gasteiger partial charge on any atom is 0.0954 e. The molecular weight excluding hydrogens is 268 g/mol. The predicted molar refractivity (Wildman–Crippen MR) is 74.4 cm³/mol. The van der Waals surface area contributed by atoms with E-state index in [1.54, 1.807) is 11.3 Å². The average molecular weight is 285 g/mol. The van der Waals surface area contributed by atoms with Crippen LogP contribution in [0.2, 0.25) is 0 Å². The van der Waals surface area contributed by atoms with Crippen molar-refractivity contribution in [3.63, 3.8) is 0 Å². The first-order chi connectivity index (χ1) is 8.69. The van der Waals surface area contributed by atoms with E-state index in [1.807, 2.05) is 10.9 Å². The van der Waals surface area contributed by atoms with E-state index in [4.69, 9.17) is 11.6 Å². The highest BCUT2D eigenvalue weighted by Crippen LogP contribution is 2.19. The van der Waals surface area contributed by atoms with Gasteiger partial charge in [-0.05, 0) is 12.8 Å². The maximum absolute atomic E-state index is 5.66. The minimum atomic E-state index is 0.485. The number of rotatable bonds is 6. The molecule has 0 fully saturated rings. The van der Waals surface area contributed by atoms with E-state index < -0.39 is 0 Å². The van der Waals surface area contributed by atoms with Crippen molar-refractivity contribution < 1.29 is 0 Å². The topological polar surface area (TPSA) is 43.6 Å². The van der Waals surface area contributed by atoms with Gasteiger partial charge in [-0.15, -0.1) is 28.0 Å². The van der Waals surface area contributed by atoms with E-state index in [0.29, 0.717) is 18.3 Å². The molecule has 0 bridgehead atoms. The Morgan fingerprint density at radius 2 is 2.22 bits per heavy atom. The van der Waals surface area contributed by atoms with Crippen molar-refractivity contribution in [1.29, 1.82) is 0 Å². The number of hydrogen-bond donors (Lipinski definition) is 0. The number of alkyl halides is 1. The molecule has 0 spiro atoms. The molecule has 0 saturated heterocycles. The minimum absolute atomic E-state index is 0.485. The molecule has 0 unspecified atom stereocenters. The summed E-state index contributed by atoms with van der Waals surface area (Å²) in [5.41, 5.74) is 2.05. The Labute approximate surface area is 116 Å². The molecule has 0 saturated carbocycles. The van der Waals surface area contributed by atoms with Crippen LogP contribution in [0.1, 0.15) is 42.6 Å². The summed E-state index contributed by atoms with van der Waals surface area (Å²) >= 11 is 7.36. The molecule has 0 aliphatic carbocycles. The highest BCUT2D eigenvalue weighted by Gasteiger charge is 2.07. The third-order valence-electron chi connectivity index (χ3n) is 2.54. The Kier molecular flexibility index (Phi) is 4.72. The summed E-state index contributed by atoms with van der Waals surface area (Å²) < 4.78 is 1.84. The normalized spacial score (nSPS) is 11.3. The lowest BCUT2D eigenvalue weighted by molar-refractivity contribution is 0.637. The van der Waals surface area contributed by atoms with Gasteiger partial charge in [0.1, 0.15) is 0 Å². The fourth-order valence-corrected chi connectivity index (χ4v) is 2.56. The molecule has 2 aromatic rings. The van der Waals surface area contributed by atoms with Crippen molar-refractivity contribution in [1.82, 2.24) is 20.0 Å². The molecule has 0 atom stereocenters. The average Bonchev–Trinajstić information content (AvgIpc) is 2.96. The van der Waals surface area contributed by atoms with Crippen LogP contribution in [0.25, 0.3) is 0 Å². The number of aryl methyl sites for hydroxylation is 1. The van der Waals surface area contributed by atoms with Crippen LogP contribution in [0.5, 0.6) is 0 Å². The van der Waals surface area contributed by atoms with Crippen molar-refractivity contribution >= 4 is 22.9 Å². The molecule has 0 aliphatic rings. The van der Waals surface area contributed by atoms with Gasteiger partial charge in [-0.3, -0.25) is 0 Å². The summed E-state index contributed by atoms with van der Waals surface area (Å²) in [6.45, 7) is 5.00. The first-order valence-corrected chi connectivity index (χ1v) is 7.49. The molecule has 0 radical (unpaired) electrons. The molecule has 4 nitrogen and oxygen atoms in total. The summed E-state index contributed by atoms with van der Waals surface area (Å²) in [5.74, 6) is 1.15. The van der Waals surface area contributed by atoms with E-state index >= 15 is 0 Å². The van der Waals surface area contributed by atoms with Gasteiger partial charge in [-0.2, -0.15) is 0 Å². The van der Waals surface area contributed by atoms with Crippen LogP contribution in [-0.2, 0) is 13.0 Å². The van der Waals surface area contributed by atoms with Gasteiger partial charge < -0.3 is 0 Å². The summed E-state index contributed by atoms with van der Waals surface area (Å²) in [6.07, 6.45) is 3.80. The lowest BCUT2D eigenvalue weighted by Crippen LogP contribution is -2.01. The molecule has 2 heterocycles. The molecule has 0 N–H and O–H groups in total. The summed E-state index contributed by atoms with van der Waals surface area (Å²) in [5, 5.41) is 11.5. The van der Waals surface area contributed by atoms with Crippen LogP contribution in [-0.4, -0.2) is 25.9 Å². The molecule has 18 heavy (non-hydrogen) atoms. The van der Waals surface area contributed by atoms with Crippen molar-refractivity contribution in [3.05, 3.63) is 28.0 Å². The van der Waals surface area contributed by atoms with Crippen LogP contribution in [0.15, 0.2) is 11.6 Å². The monoisotopic (exact) mass is 284 g/mol. The number of aromatic nitrogens is 4. The third kappa shape index (κ3) is 3.53. The number of nitrogens with zero attached hydrogens (tertiary/aromatic N) is 4. The second-order valence-electron chi connectivity index (χ2n) is 4.53. The zero-order valence-electron chi connectivity index (χ0n) is 10.6. The van der Waals surface area contributed by atoms with Gasteiger partial charge in [-0.1, -0.05) is 19.1 Å². The largest absolute Gasteiger partial charge is 0.246 e. The van der Waals surface area contributed by atoms with E-state index in [2.05, 4.69) is 34.5 Å². The first kappa shape index (κ1) is 13.5.